The molecule has 1 aromatic carbocycles. The number of likely N-dealkylation sites (N-methyl/N-ethyl adjacent to an activating group) is 1. The molecule has 1 N–H and O–H groups in total. The Hall–Kier alpha value is -1.82. The molecule has 1 atom stereocenters. The first-order valence-electron chi connectivity index (χ1n) is 7.10. The van der Waals surface area contributed by atoms with Gasteiger partial charge in [-0.25, -0.2) is 18.4 Å². The van der Waals surface area contributed by atoms with Crippen molar-refractivity contribution >= 4 is 0 Å². The molecule has 2 aromatic rings. The standard InChI is InChI=1S/C15H20F2N4/c1-4-18-13(11-6-5-7-12(16)15(11)17)8-14-19-9-20-21(14)10(2)3/h5-7,9-10,13,18H,4,8H2,1-3H3. The van der Waals surface area contributed by atoms with Crippen molar-refractivity contribution in [1.82, 2.24) is 20.1 Å². The van der Waals surface area contributed by atoms with E-state index >= 15 is 0 Å². The second kappa shape index (κ2) is 6.76. The second-order valence-corrected chi connectivity index (χ2v) is 5.17. The molecule has 4 nitrogen and oxygen atoms in total. The van der Waals surface area contributed by atoms with Gasteiger partial charge in [0, 0.05) is 24.1 Å². The predicted molar refractivity (Wildman–Crippen MR) is 76.9 cm³/mol. The molecule has 1 heterocycles. The van der Waals surface area contributed by atoms with Gasteiger partial charge in [0.05, 0.1) is 0 Å². The summed E-state index contributed by atoms with van der Waals surface area (Å²) in [6.07, 6.45) is 1.94. The summed E-state index contributed by atoms with van der Waals surface area (Å²) in [6.45, 7) is 6.58. The maximum Gasteiger partial charge on any atom is 0.163 e. The van der Waals surface area contributed by atoms with Gasteiger partial charge in [0.1, 0.15) is 12.2 Å². The Balaban J connectivity index is 2.31. The first-order chi connectivity index (χ1) is 10.0. The Labute approximate surface area is 123 Å². The van der Waals surface area contributed by atoms with Crippen LogP contribution < -0.4 is 5.32 Å². The first kappa shape index (κ1) is 15.6. The fourth-order valence-electron chi connectivity index (χ4n) is 2.36. The zero-order valence-corrected chi connectivity index (χ0v) is 12.5. The number of hydrogen-bond acceptors (Lipinski definition) is 3. The third-order valence-corrected chi connectivity index (χ3v) is 3.33. The minimum Gasteiger partial charge on any atom is -0.310 e. The highest BCUT2D eigenvalue weighted by molar-refractivity contribution is 5.23. The Morgan fingerprint density at radius 1 is 1.29 bits per heavy atom. The van der Waals surface area contributed by atoms with E-state index in [1.165, 1.54) is 12.4 Å². The number of rotatable bonds is 6. The van der Waals surface area contributed by atoms with Crippen LogP contribution in [0, 0.1) is 11.6 Å². The van der Waals surface area contributed by atoms with Crippen LogP contribution in [-0.4, -0.2) is 21.3 Å². The molecule has 114 valence electrons. The molecule has 0 spiro atoms. The number of hydrogen-bond donors (Lipinski definition) is 1. The van der Waals surface area contributed by atoms with Crippen molar-refractivity contribution in [3.8, 4) is 0 Å². The molecule has 0 fully saturated rings. The molecule has 6 heteroatoms. The summed E-state index contributed by atoms with van der Waals surface area (Å²) in [5.74, 6) is -0.889. The van der Waals surface area contributed by atoms with Crippen molar-refractivity contribution in [2.45, 2.75) is 39.3 Å². The molecule has 0 aliphatic heterocycles. The Bertz CT molecular complexity index is 595. The van der Waals surface area contributed by atoms with Crippen LogP contribution in [0.5, 0.6) is 0 Å². The Kier molecular flexibility index (Phi) is 5.01. The third kappa shape index (κ3) is 3.44. The summed E-state index contributed by atoms with van der Waals surface area (Å²) in [5.41, 5.74) is 0.315. The predicted octanol–water partition coefficient (Wildman–Crippen LogP) is 3.03. The van der Waals surface area contributed by atoms with Crippen LogP contribution in [0.1, 0.15) is 44.2 Å². The molecule has 0 aliphatic carbocycles. The highest BCUT2D eigenvalue weighted by Crippen LogP contribution is 2.23. The molecule has 0 radical (unpaired) electrons. The van der Waals surface area contributed by atoms with E-state index < -0.39 is 11.6 Å². The van der Waals surface area contributed by atoms with Crippen molar-refractivity contribution in [1.29, 1.82) is 0 Å². The lowest BCUT2D eigenvalue weighted by Gasteiger charge is -2.20. The van der Waals surface area contributed by atoms with Crippen LogP contribution in [0.4, 0.5) is 8.78 Å². The lowest BCUT2D eigenvalue weighted by molar-refractivity contribution is 0.442. The van der Waals surface area contributed by atoms with E-state index in [9.17, 15) is 8.78 Å². The molecular formula is C15H20F2N4. The zero-order valence-electron chi connectivity index (χ0n) is 12.5. The van der Waals surface area contributed by atoms with Gasteiger partial charge in [-0.3, -0.25) is 0 Å². The van der Waals surface area contributed by atoms with Crippen LogP contribution in [-0.2, 0) is 6.42 Å². The maximum absolute atomic E-state index is 14.0. The number of aromatic nitrogens is 3. The van der Waals surface area contributed by atoms with E-state index in [4.69, 9.17) is 0 Å². The first-order valence-corrected chi connectivity index (χ1v) is 7.10. The molecular weight excluding hydrogens is 274 g/mol. The second-order valence-electron chi connectivity index (χ2n) is 5.17. The average Bonchev–Trinajstić information content (AvgIpc) is 2.90. The molecule has 0 aliphatic rings. The monoisotopic (exact) mass is 294 g/mol. The summed E-state index contributed by atoms with van der Waals surface area (Å²) >= 11 is 0. The fraction of sp³-hybridized carbons (Fsp3) is 0.467. The minimum absolute atomic E-state index is 0.169. The molecule has 0 bridgehead atoms. The summed E-state index contributed by atoms with van der Waals surface area (Å²) in [6, 6.07) is 4.07. The van der Waals surface area contributed by atoms with Gasteiger partial charge in [0.15, 0.2) is 11.6 Å². The smallest absolute Gasteiger partial charge is 0.163 e. The number of halogens is 2. The number of nitrogens with zero attached hydrogens (tertiary/aromatic N) is 3. The van der Waals surface area contributed by atoms with E-state index in [1.54, 1.807) is 10.7 Å². The van der Waals surface area contributed by atoms with Crippen molar-refractivity contribution in [3.05, 3.63) is 47.5 Å². The number of nitrogens with one attached hydrogen (secondary N) is 1. The number of benzene rings is 1. The van der Waals surface area contributed by atoms with E-state index in [0.29, 0.717) is 18.5 Å². The zero-order chi connectivity index (χ0) is 15.4. The SMILES string of the molecule is CCNC(Cc1ncnn1C(C)C)c1cccc(F)c1F. The van der Waals surface area contributed by atoms with Crippen LogP contribution in [0.25, 0.3) is 0 Å². The van der Waals surface area contributed by atoms with Crippen molar-refractivity contribution in [3.63, 3.8) is 0 Å². The third-order valence-electron chi connectivity index (χ3n) is 3.33. The molecule has 0 saturated heterocycles. The summed E-state index contributed by atoms with van der Waals surface area (Å²) in [7, 11) is 0. The largest absolute Gasteiger partial charge is 0.310 e. The fourth-order valence-corrected chi connectivity index (χ4v) is 2.36. The normalized spacial score (nSPS) is 12.9. The van der Waals surface area contributed by atoms with E-state index in [1.807, 2.05) is 20.8 Å². The van der Waals surface area contributed by atoms with E-state index in [2.05, 4.69) is 15.4 Å². The van der Waals surface area contributed by atoms with Crippen molar-refractivity contribution in [2.75, 3.05) is 6.54 Å². The highest BCUT2D eigenvalue weighted by Gasteiger charge is 2.20. The molecule has 0 amide bonds. The summed E-state index contributed by atoms with van der Waals surface area (Å²) < 4.78 is 29.2. The molecule has 2 rings (SSSR count). The lowest BCUT2D eigenvalue weighted by Crippen LogP contribution is -2.26. The van der Waals surface area contributed by atoms with Gasteiger partial charge in [-0.15, -0.1) is 0 Å². The van der Waals surface area contributed by atoms with Gasteiger partial charge in [-0.1, -0.05) is 19.1 Å². The topological polar surface area (TPSA) is 42.7 Å². The van der Waals surface area contributed by atoms with E-state index in [-0.39, 0.29) is 12.1 Å². The minimum atomic E-state index is -0.833. The van der Waals surface area contributed by atoms with Gasteiger partial charge in [-0.05, 0) is 26.5 Å². The van der Waals surface area contributed by atoms with Crippen molar-refractivity contribution < 1.29 is 8.78 Å². The lowest BCUT2D eigenvalue weighted by atomic mass is 10.0. The van der Waals surface area contributed by atoms with E-state index in [0.717, 1.165) is 11.9 Å². The van der Waals surface area contributed by atoms with Crippen molar-refractivity contribution in [2.24, 2.45) is 0 Å². The van der Waals surface area contributed by atoms with Gasteiger partial charge in [0.25, 0.3) is 0 Å². The molecule has 0 saturated carbocycles. The summed E-state index contributed by atoms with van der Waals surface area (Å²) in [4.78, 5) is 4.23. The quantitative estimate of drug-likeness (QED) is 0.890. The Morgan fingerprint density at radius 3 is 2.71 bits per heavy atom. The van der Waals surface area contributed by atoms with Gasteiger partial charge in [-0.2, -0.15) is 5.10 Å². The van der Waals surface area contributed by atoms with Crippen LogP contribution in [0.2, 0.25) is 0 Å². The molecule has 21 heavy (non-hydrogen) atoms. The summed E-state index contributed by atoms with van der Waals surface area (Å²) in [5, 5.41) is 7.36. The van der Waals surface area contributed by atoms with Gasteiger partial charge >= 0.3 is 0 Å². The molecule has 1 unspecified atom stereocenters. The maximum atomic E-state index is 14.0. The van der Waals surface area contributed by atoms with Crippen LogP contribution >= 0.6 is 0 Å². The highest BCUT2D eigenvalue weighted by atomic mass is 19.2. The van der Waals surface area contributed by atoms with Gasteiger partial charge in [0.2, 0.25) is 0 Å². The average molecular weight is 294 g/mol. The molecule has 1 aromatic heterocycles. The van der Waals surface area contributed by atoms with Crippen LogP contribution in [0.3, 0.4) is 0 Å². The van der Waals surface area contributed by atoms with Gasteiger partial charge < -0.3 is 5.32 Å². The Morgan fingerprint density at radius 2 is 2.05 bits per heavy atom. The van der Waals surface area contributed by atoms with Crippen LogP contribution in [0.15, 0.2) is 24.5 Å².